The van der Waals surface area contributed by atoms with Crippen LogP contribution in [0, 0.1) is 6.92 Å². The highest BCUT2D eigenvalue weighted by atomic mass is 16.5. The second-order valence-corrected chi connectivity index (χ2v) is 11.8. The maximum atomic E-state index is 13.2. The maximum absolute atomic E-state index is 13.2. The zero-order valence-electron chi connectivity index (χ0n) is 25.6. The van der Waals surface area contributed by atoms with Crippen LogP contribution in [0.15, 0.2) is 28.7 Å². The number of aromatic nitrogens is 2. The molecule has 11 nitrogen and oxygen atoms in total. The molecule has 226 valence electrons. The Bertz CT molecular complexity index is 1420. The molecule has 2 aliphatic heterocycles. The average Bonchev–Trinajstić information content (AvgIpc) is 3.49. The van der Waals surface area contributed by atoms with Crippen LogP contribution in [0.1, 0.15) is 66.3 Å². The molecule has 2 aliphatic rings. The molecule has 5 rings (SSSR count). The van der Waals surface area contributed by atoms with Crippen molar-refractivity contribution >= 4 is 17.5 Å². The summed E-state index contributed by atoms with van der Waals surface area (Å²) < 4.78 is 23.3. The van der Waals surface area contributed by atoms with Crippen molar-refractivity contribution in [2.75, 3.05) is 64.1 Å². The van der Waals surface area contributed by atoms with Gasteiger partial charge < -0.3 is 34.6 Å². The van der Waals surface area contributed by atoms with Crippen LogP contribution in [0.25, 0.3) is 0 Å². The van der Waals surface area contributed by atoms with Crippen LogP contribution in [-0.2, 0) is 22.4 Å². The number of ether oxygens (including phenoxy) is 3. The monoisotopic (exact) mass is 578 g/mol. The Morgan fingerprint density at radius 1 is 1.02 bits per heavy atom. The van der Waals surface area contributed by atoms with Crippen molar-refractivity contribution in [3.8, 4) is 11.8 Å². The number of carbonyl (C=O) groups is 1. The predicted octanol–water partition coefficient (Wildman–Crippen LogP) is 4.06. The third-order valence-corrected chi connectivity index (χ3v) is 7.92. The minimum absolute atomic E-state index is 0.163. The smallest absolute Gasteiger partial charge is 0.291 e. The fourth-order valence-electron chi connectivity index (χ4n) is 5.81. The molecule has 1 aromatic carbocycles. The second kappa shape index (κ2) is 11.9. The number of methoxy groups -OCH3 is 2. The molecule has 0 bridgehead atoms. The van der Waals surface area contributed by atoms with E-state index in [1.165, 1.54) is 25.3 Å². The summed E-state index contributed by atoms with van der Waals surface area (Å²) in [5.41, 5.74) is 4.17. The van der Waals surface area contributed by atoms with Crippen LogP contribution in [0.4, 0.5) is 11.6 Å². The van der Waals surface area contributed by atoms with E-state index in [9.17, 15) is 4.79 Å². The van der Waals surface area contributed by atoms with Crippen molar-refractivity contribution in [1.82, 2.24) is 20.2 Å². The van der Waals surface area contributed by atoms with Gasteiger partial charge in [0.05, 0.1) is 25.4 Å². The Morgan fingerprint density at radius 3 is 2.31 bits per heavy atom. The summed E-state index contributed by atoms with van der Waals surface area (Å²) in [4.78, 5) is 24.5. The molecule has 0 spiro atoms. The number of nitrogens with zero attached hydrogens (tertiary/aromatic N) is 3. The van der Waals surface area contributed by atoms with Gasteiger partial charge in [-0.15, -0.1) is 0 Å². The highest BCUT2D eigenvalue weighted by molar-refractivity contribution is 6.03. The van der Waals surface area contributed by atoms with Gasteiger partial charge in [-0.1, -0.05) is 12.1 Å². The first-order valence-corrected chi connectivity index (χ1v) is 14.4. The van der Waals surface area contributed by atoms with Gasteiger partial charge in [-0.2, -0.15) is 9.97 Å². The first kappa shape index (κ1) is 29.8. The van der Waals surface area contributed by atoms with Gasteiger partial charge in [0.25, 0.3) is 5.91 Å². The third kappa shape index (κ3) is 6.23. The Hall–Kier alpha value is -3.67. The SMILES string of the molecule is COc1nc(NCCN2CCNCC2)nc(OC)c1NC(=O)c1ccc(Cc2cc3c(cc2C)C(C)(C)OC3(C)C)o1. The van der Waals surface area contributed by atoms with E-state index >= 15 is 0 Å². The van der Waals surface area contributed by atoms with Crippen LogP contribution in [0.5, 0.6) is 11.8 Å². The fourth-order valence-corrected chi connectivity index (χ4v) is 5.81. The first-order valence-electron chi connectivity index (χ1n) is 14.4. The van der Waals surface area contributed by atoms with Crippen molar-refractivity contribution < 1.29 is 23.4 Å². The van der Waals surface area contributed by atoms with Gasteiger partial charge in [0.1, 0.15) is 5.76 Å². The zero-order valence-corrected chi connectivity index (χ0v) is 25.6. The quantitative estimate of drug-likeness (QED) is 0.325. The number of anilines is 2. The van der Waals surface area contributed by atoms with Crippen molar-refractivity contribution in [2.24, 2.45) is 0 Å². The van der Waals surface area contributed by atoms with E-state index in [0.717, 1.165) is 43.9 Å². The van der Waals surface area contributed by atoms with Gasteiger partial charge in [-0.25, -0.2) is 0 Å². The number of piperazine rings is 1. The molecule has 11 heteroatoms. The molecular weight excluding hydrogens is 536 g/mol. The Morgan fingerprint density at radius 2 is 1.67 bits per heavy atom. The van der Waals surface area contributed by atoms with Gasteiger partial charge in [0, 0.05) is 45.7 Å². The molecule has 1 amide bonds. The molecule has 42 heavy (non-hydrogen) atoms. The molecule has 0 saturated carbocycles. The number of aryl methyl sites for hydroxylation is 1. The molecule has 1 fully saturated rings. The molecule has 4 heterocycles. The summed E-state index contributed by atoms with van der Waals surface area (Å²) in [6.07, 6.45) is 0.549. The number of amides is 1. The predicted molar refractivity (Wildman–Crippen MR) is 161 cm³/mol. The molecule has 2 aromatic heterocycles. The van der Waals surface area contributed by atoms with E-state index in [2.05, 4.69) is 77.6 Å². The van der Waals surface area contributed by atoms with E-state index < -0.39 is 5.91 Å². The minimum atomic E-state index is -0.456. The highest BCUT2D eigenvalue weighted by Gasteiger charge is 2.43. The number of nitrogens with one attached hydrogen (secondary N) is 3. The van der Waals surface area contributed by atoms with E-state index in [-0.39, 0.29) is 34.4 Å². The summed E-state index contributed by atoms with van der Waals surface area (Å²) >= 11 is 0. The minimum Gasteiger partial charge on any atom is -0.479 e. The molecule has 0 unspecified atom stereocenters. The number of benzene rings is 1. The van der Waals surface area contributed by atoms with Crippen molar-refractivity contribution in [3.05, 3.63) is 58.0 Å². The van der Waals surface area contributed by atoms with Crippen molar-refractivity contribution in [1.29, 1.82) is 0 Å². The number of hydrogen-bond donors (Lipinski definition) is 3. The molecule has 0 radical (unpaired) electrons. The first-order chi connectivity index (χ1) is 20.0. The van der Waals surface area contributed by atoms with Crippen LogP contribution in [0.3, 0.4) is 0 Å². The largest absolute Gasteiger partial charge is 0.479 e. The van der Waals surface area contributed by atoms with Crippen molar-refractivity contribution in [2.45, 2.75) is 52.2 Å². The topological polar surface area (TPSA) is 123 Å². The number of rotatable bonds is 10. The Labute approximate surface area is 247 Å². The summed E-state index contributed by atoms with van der Waals surface area (Å²) in [7, 11) is 2.97. The molecular formula is C31H42N6O5. The third-order valence-electron chi connectivity index (χ3n) is 7.92. The lowest BCUT2D eigenvalue weighted by Crippen LogP contribution is -2.45. The van der Waals surface area contributed by atoms with Crippen LogP contribution < -0.4 is 25.4 Å². The summed E-state index contributed by atoms with van der Waals surface area (Å²) in [5, 5.41) is 9.38. The number of fused-ring (bicyclic) bond motifs is 1. The summed E-state index contributed by atoms with van der Waals surface area (Å²) in [5.74, 6) is 1.12. The van der Waals surface area contributed by atoms with E-state index in [1.807, 2.05) is 6.07 Å². The summed E-state index contributed by atoms with van der Waals surface area (Å²) in [6.45, 7) is 16.0. The summed E-state index contributed by atoms with van der Waals surface area (Å²) in [6, 6.07) is 7.89. The van der Waals surface area contributed by atoms with Gasteiger partial charge in [0.15, 0.2) is 11.4 Å². The van der Waals surface area contributed by atoms with Gasteiger partial charge >= 0.3 is 0 Å². The Balaban J connectivity index is 1.28. The van der Waals surface area contributed by atoms with Crippen LogP contribution in [0.2, 0.25) is 0 Å². The van der Waals surface area contributed by atoms with Crippen molar-refractivity contribution in [3.63, 3.8) is 0 Å². The molecule has 3 N–H and O–H groups in total. The van der Waals surface area contributed by atoms with E-state index in [0.29, 0.717) is 24.7 Å². The molecule has 3 aromatic rings. The number of hydrogen-bond acceptors (Lipinski definition) is 10. The lowest BCUT2D eigenvalue weighted by atomic mass is 9.86. The van der Waals surface area contributed by atoms with Gasteiger partial charge in [-0.05, 0) is 69.0 Å². The highest BCUT2D eigenvalue weighted by Crippen LogP contribution is 2.47. The lowest BCUT2D eigenvalue weighted by molar-refractivity contribution is -0.105. The second-order valence-electron chi connectivity index (χ2n) is 11.8. The lowest BCUT2D eigenvalue weighted by Gasteiger charge is -2.27. The molecule has 0 atom stereocenters. The standard InChI is InChI=1S/C31H42N6O5/c1-19-16-22-23(31(4,5)42-30(22,2)3)18-20(19)17-21-8-9-24(41-21)26(38)34-25-27(39-6)35-29(36-28(25)40-7)33-12-15-37-13-10-32-11-14-37/h8-9,16,18,32H,10-15,17H2,1-7H3,(H,34,38)(H,33,35,36). The fraction of sp³-hybridized carbons (Fsp3) is 0.516. The van der Waals surface area contributed by atoms with Gasteiger partial charge in [0.2, 0.25) is 17.7 Å². The van der Waals surface area contributed by atoms with Crippen LogP contribution in [-0.4, -0.2) is 74.3 Å². The van der Waals surface area contributed by atoms with Crippen LogP contribution >= 0.6 is 0 Å². The zero-order chi connectivity index (χ0) is 30.1. The maximum Gasteiger partial charge on any atom is 0.291 e. The van der Waals surface area contributed by atoms with Gasteiger partial charge in [-0.3, -0.25) is 9.69 Å². The number of carbonyl (C=O) groups excluding carboxylic acids is 1. The molecule has 1 saturated heterocycles. The normalized spacial score (nSPS) is 17.5. The van der Waals surface area contributed by atoms with E-state index in [1.54, 1.807) is 6.07 Å². The average molecular weight is 579 g/mol. The van der Waals surface area contributed by atoms with E-state index in [4.69, 9.17) is 18.6 Å². The Kier molecular flexibility index (Phi) is 8.45. The number of furan rings is 1. The molecule has 0 aliphatic carbocycles.